The van der Waals surface area contributed by atoms with Crippen LogP contribution < -0.4 is 10.3 Å². The highest BCUT2D eigenvalue weighted by atomic mass is 19.4. The minimum Gasteiger partial charge on any atom is -0.351 e. The molecule has 3 heterocycles. The van der Waals surface area contributed by atoms with E-state index in [0.29, 0.717) is 31.7 Å². The van der Waals surface area contributed by atoms with Crippen molar-refractivity contribution in [3.8, 4) is 0 Å². The molecule has 2 saturated heterocycles. The third kappa shape index (κ3) is 4.27. The molecule has 2 atom stereocenters. The standard InChI is InChI=1S/C21H20F4N6O/c22-15-1-2-17(29-28-7-5-26)16(10-15)20(32)30-8-4-13-11-31(18(13)12-30)19-9-14(3-6-27-19)21(23,24)25/h1-3,5-7,9-10,13,18,26,29H,4,8,11-12H2/b26-5?,28-7-. The number of carbonyl (C=O) groups excluding carboxylic acids is 1. The van der Waals surface area contributed by atoms with E-state index in [0.717, 1.165) is 30.6 Å². The van der Waals surface area contributed by atoms with Gasteiger partial charge in [0.2, 0.25) is 0 Å². The molecule has 0 aliphatic carbocycles. The first kappa shape index (κ1) is 21.7. The van der Waals surface area contributed by atoms with Gasteiger partial charge < -0.3 is 15.2 Å². The van der Waals surface area contributed by atoms with Crippen LogP contribution in [-0.4, -0.2) is 53.9 Å². The Bertz CT molecular complexity index is 1060. The number of hydrazone groups is 1. The third-order valence-corrected chi connectivity index (χ3v) is 5.75. The molecule has 2 N–H and O–H groups in total. The van der Waals surface area contributed by atoms with E-state index in [2.05, 4.69) is 15.5 Å². The highest BCUT2D eigenvalue weighted by molar-refractivity contribution is 6.14. The predicted octanol–water partition coefficient (Wildman–Crippen LogP) is 3.64. The molecule has 4 rings (SSSR count). The molecule has 0 radical (unpaired) electrons. The molecule has 2 aromatic rings. The Morgan fingerprint density at radius 1 is 1.25 bits per heavy atom. The monoisotopic (exact) mass is 448 g/mol. The Balaban J connectivity index is 1.52. The number of pyridine rings is 1. The van der Waals surface area contributed by atoms with Crippen LogP contribution in [0.4, 0.5) is 29.1 Å². The summed E-state index contributed by atoms with van der Waals surface area (Å²) in [5, 5.41) is 10.7. The Labute approximate surface area is 181 Å². The van der Waals surface area contributed by atoms with Gasteiger partial charge in [-0.25, -0.2) is 9.37 Å². The number of hydrogen-bond acceptors (Lipinski definition) is 6. The van der Waals surface area contributed by atoms with Crippen LogP contribution in [0.15, 0.2) is 41.6 Å². The van der Waals surface area contributed by atoms with E-state index in [-0.39, 0.29) is 23.3 Å². The van der Waals surface area contributed by atoms with Crippen LogP contribution in [0.2, 0.25) is 0 Å². The van der Waals surface area contributed by atoms with E-state index < -0.39 is 23.5 Å². The first-order valence-corrected chi connectivity index (χ1v) is 9.95. The molecule has 7 nitrogen and oxygen atoms in total. The lowest BCUT2D eigenvalue weighted by atomic mass is 9.82. The highest BCUT2D eigenvalue weighted by Gasteiger charge is 2.45. The molecule has 1 aromatic carbocycles. The lowest BCUT2D eigenvalue weighted by molar-refractivity contribution is -0.137. The fraction of sp³-hybridized carbons (Fsp3) is 0.333. The smallest absolute Gasteiger partial charge is 0.351 e. The number of hydrogen-bond donors (Lipinski definition) is 2. The summed E-state index contributed by atoms with van der Waals surface area (Å²) in [6, 6.07) is 5.48. The first-order chi connectivity index (χ1) is 15.3. The van der Waals surface area contributed by atoms with E-state index >= 15 is 0 Å². The van der Waals surface area contributed by atoms with Gasteiger partial charge >= 0.3 is 6.18 Å². The molecule has 11 heteroatoms. The second-order valence-electron chi connectivity index (χ2n) is 7.67. The summed E-state index contributed by atoms with van der Waals surface area (Å²) in [5.41, 5.74) is 2.24. The second-order valence-corrected chi connectivity index (χ2v) is 7.67. The molecular weight excluding hydrogens is 428 g/mol. The number of amides is 1. The number of carbonyl (C=O) groups is 1. The average Bonchev–Trinajstić information content (AvgIpc) is 2.75. The summed E-state index contributed by atoms with van der Waals surface area (Å²) in [5.74, 6) is -0.509. The number of aromatic nitrogens is 1. The van der Waals surface area contributed by atoms with Gasteiger partial charge in [0, 0.05) is 38.0 Å². The summed E-state index contributed by atoms with van der Waals surface area (Å²) >= 11 is 0. The molecule has 0 bridgehead atoms. The van der Waals surface area contributed by atoms with Crippen LogP contribution in [0.3, 0.4) is 0 Å². The number of halogens is 4. The first-order valence-electron chi connectivity index (χ1n) is 9.95. The van der Waals surface area contributed by atoms with E-state index in [1.165, 1.54) is 18.3 Å². The van der Waals surface area contributed by atoms with Gasteiger partial charge in [-0.1, -0.05) is 0 Å². The van der Waals surface area contributed by atoms with Crippen molar-refractivity contribution in [1.29, 1.82) is 5.41 Å². The van der Waals surface area contributed by atoms with E-state index in [4.69, 9.17) is 5.41 Å². The lowest BCUT2D eigenvalue weighted by Crippen LogP contribution is -2.65. The van der Waals surface area contributed by atoms with Gasteiger partial charge in [-0.05, 0) is 36.8 Å². The summed E-state index contributed by atoms with van der Waals surface area (Å²) < 4.78 is 53.0. The van der Waals surface area contributed by atoms with Crippen molar-refractivity contribution in [3.05, 3.63) is 53.5 Å². The van der Waals surface area contributed by atoms with E-state index in [9.17, 15) is 22.4 Å². The Hall–Kier alpha value is -3.50. The predicted molar refractivity (Wildman–Crippen MR) is 112 cm³/mol. The molecule has 32 heavy (non-hydrogen) atoms. The number of rotatable bonds is 5. The molecule has 168 valence electrons. The highest BCUT2D eigenvalue weighted by Crippen LogP contribution is 2.38. The normalized spacial score (nSPS) is 20.6. The molecule has 0 spiro atoms. The van der Waals surface area contributed by atoms with Gasteiger partial charge in [-0.3, -0.25) is 10.2 Å². The van der Waals surface area contributed by atoms with Crippen molar-refractivity contribution in [1.82, 2.24) is 9.88 Å². The Morgan fingerprint density at radius 3 is 2.81 bits per heavy atom. The van der Waals surface area contributed by atoms with Crippen LogP contribution in [0, 0.1) is 17.1 Å². The number of alkyl halides is 3. The van der Waals surface area contributed by atoms with Crippen LogP contribution in [-0.2, 0) is 6.18 Å². The SMILES string of the molecule is N=C/C=N\Nc1ccc(F)cc1C(=O)N1CCC2CN(c3cc(C(F)(F)F)ccn3)C2C1. The largest absolute Gasteiger partial charge is 0.416 e. The zero-order chi connectivity index (χ0) is 22.9. The number of likely N-dealkylation sites (tertiary alicyclic amines) is 1. The van der Waals surface area contributed by atoms with Crippen molar-refractivity contribution in [2.24, 2.45) is 11.0 Å². The summed E-state index contributed by atoms with van der Waals surface area (Å²) in [4.78, 5) is 20.6. The Kier molecular flexibility index (Phi) is 5.81. The van der Waals surface area contributed by atoms with Gasteiger partial charge in [0.25, 0.3) is 5.91 Å². The minimum atomic E-state index is -4.46. The molecule has 0 saturated carbocycles. The maximum absolute atomic E-state index is 13.8. The van der Waals surface area contributed by atoms with Crippen molar-refractivity contribution in [2.45, 2.75) is 18.6 Å². The van der Waals surface area contributed by atoms with Gasteiger partial charge in [0.05, 0.1) is 29.1 Å². The molecule has 2 unspecified atom stereocenters. The van der Waals surface area contributed by atoms with Crippen LogP contribution in [0.1, 0.15) is 22.3 Å². The quantitative estimate of drug-likeness (QED) is 0.416. The molecule has 1 amide bonds. The van der Waals surface area contributed by atoms with Gasteiger partial charge in [-0.15, -0.1) is 0 Å². The fourth-order valence-corrected chi connectivity index (χ4v) is 4.10. The van der Waals surface area contributed by atoms with Crippen LogP contribution in [0.5, 0.6) is 0 Å². The number of nitrogens with one attached hydrogen (secondary N) is 2. The zero-order valence-electron chi connectivity index (χ0n) is 16.8. The topological polar surface area (TPSA) is 84.7 Å². The summed E-state index contributed by atoms with van der Waals surface area (Å²) in [7, 11) is 0. The molecule has 2 aliphatic heterocycles. The number of benzene rings is 1. The van der Waals surface area contributed by atoms with Crippen LogP contribution in [0.25, 0.3) is 0 Å². The molecule has 2 aliphatic rings. The third-order valence-electron chi connectivity index (χ3n) is 5.75. The van der Waals surface area contributed by atoms with Crippen molar-refractivity contribution in [2.75, 3.05) is 30.0 Å². The lowest BCUT2D eigenvalue weighted by Gasteiger charge is -2.54. The number of fused-ring (bicyclic) bond motifs is 1. The number of anilines is 2. The zero-order valence-corrected chi connectivity index (χ0v) is 16.8. The van der Waals surface area contributed by atoms with Gasteiger partial charge in [0.1, 0.15) is 11.6 Å². The molecular formula is C21H20F4N6O. The molecule has 2 fully saturated rings. The second kappa shape index (κ2) is 8.56. The summed E-state index contributed by atoms with van der Waals surface area (Å²) in [6.07, 6.45) is -0.503. The van der Waals surface area contributed by atoms with Crippen molar-refractivity contribution in [3.63, 3.8) is 0 Å². The average molecular weight is 448 g/mol. The van der Waals surface area contributed by atoms with Crippen molar-refractivity contribution < 1.29 is 22.4 Å². The van der Waals surface area contributed by atoms with E-state index in [1.54, 1.807) is 9.80 Å². The fourth-order valence-electron chi connectivity index (χ4n) is 4.10. The minimum absolute atomic E-state index is 0.0913. The molecule has 1 aromatic heterocycles. The maximum atomic E-state index is 13.8. The number of piperidine rings is 1. The van der Waals surface area contributed by atoms with Crippen LogP contribution >= 0.6 is 0 Å². The van der Waals surface area contributed by atoms with Gasteiger partial charge in [0.15, 0.2) is 0 Å². The van der Waals surface area contributed by atoms with Crippen molar-refractivity contribution >= 4 is 29.8 Å². The van der Waals surface area contributed by atoms with E-state index in [1.807, 2.05) is 0 Å². The Morgan fingerprint density at radius 2 is 2.06 bits per heavy atom. The van der Waals surface area contributed by atoms with Gasteiger partial charge in [-0.2, -0.15) is 18.3 Å². The summed E-state index contributed by atoms with van der Waals surface area (Å²) in [6.45, 7) is 1.33. The number of nitrogens with zero attached hydrogens (tertiary/aromatic N) is 4. The maximum Gasteiger partial charge on any atom is 0.416 e.